The van der Waals surface area contributed by atoms with Crippen LogP contribution in [0.2, 0.25) is 0 Å². The summed E-state index contributed by atoms with van der Waals surface area (Å²) >= 11 is 0. The normalized spacial score (nSPS) is 16.9. The van der Waals surface area contributed by atoms with Crippen LogP contribution in [-0.2, 0) is 30.4 Å². The van der Waals surface area contributed by atoms with Crippen LogP contribution < -0.4 is 27.4 Å². The molecule has 3 atom stereocenters. The van der Waals surface area contributed by atoms with Gasteiger partial charge in [-0.2, -0.15) is 0 Å². The van der Waals surface area contributed by atoms with E-state index >= 15 is 0 Å². The molecular formula is C28H44N6O6. The number of rotatable bonds is 16. The van der Waals surface area contributed by atoms with Crippen LogP contribution in [0.3, 0.4) is 0 Å². The van der Waals surface area contributed by atoms with E-state index in [1.807, 2.05) is 44.2 Å². The van der Waals surface area contributed by atoms with E-state index in [0.717, 1.165) is 5.56 Å². The summed E-state index contributed by atoms with van der Waals surface area (Å²) in [5.74, 6) is -2.39. The number of hydrogen-bond donors (Lipinski definition) is 6. The summed E-state index contributed by atoms with van der Waals surface area (Å²) in [7, 11) is 0. The molecule has 1 fully saturated rings. The first kappa shape index (κ1) is 32.7. The molecule has 0 bridgehead atoms. The standard InChI is InChI=1S/C28H44N6O6/c1-19(2)16-23(33-24(36)22(31-18-35)17-20-8-4-3-5-9-20)25(37)32-21(10-6-7-13-29)26(38)34-14-11-28(30,12-15-34)27(39)40/h3-5,8-9,18-19,21-23H,6-7,10-17,29-30H2,1-2H3,(H,31,35)(H,32,37)(H,33,36)(H,39,40)/t21?,22?,23-/m1/s1. The molecule has 1 aromatic carbocycles. The number of amides is 4. The number of nitrogens with two attached hydrogens (primary N) is 2. The number of hydrogen-bond acceptors (Lipinski definition) is 7. The second-order valence-electron chi connectivity index (χ2n) is 10.8. The van der Waals surface area contributed by atoms with Crippen molar-refractivity contribution in [2.45, 2.75) is 82.5 Å². The molecule has 0 spiro atoms. The van der Waals surface area contributed by atoms with Gasteiger partial charge in [0.25, 0.3) is 0 Å². The van der Waals surface area contributed by atoms with Crippen LogP contribution in [0.5, 0.6) is 0 Å². The average molecular weight is 561 g/mol. The second-order valence-corrected chi connectivity index (χ2v) is 10.8. The van der Waals surface area contributed by atoms with Crippen molar-refractivity contribution in [3.63, 3.8) is 0 Å². The molecular weight excluding hydrogens is 516 g/mol. The van der Waals surface area contributed by atoms with Crippen LogP contribution in [0, 0.1) is 5.92 Å². The monoisotopic (exact) mass is 560 g/mol. The van der Waals surface area contributed by atoms with Crippen molar-refractivity contribution in [2.24, 2.45) is 17.4 Å². The van der Waals surface area contributed by atoms with Gasteiger partial charge in [0.1, 0.15) is 23.7 Å². The van der Waals surface area contributed by atoms with E-state index in [-0.39, 0.29) is 44.2 Å². The Kier molecular flexibility index (Phi) is 13.0. The Hall–Kier alpha value is -3.51. The maximum atomic E-state index is 13.5. The zero-order valence-electron chi connectivity index (χ0n) is 23.4. The minimum Gasteiger partial charge on any atom is -0.480 e. The number of carboxylic acid groups (broad SMARTS) is 1. The molecule has 12 heteroatoms. The van der Waals surface area contributed by atoms with Crippen LogP contribution in [0.1, 0.15) is 57.9 Å². The van der Waals surface area contributed by atoms with Gasteiger partial charge in [-0.05, 0) is 56.6 Å². The van der Waals surface area contributed by atoms with Crippen molar-refractivity contribution in [2.75, 3.05) is 19.6 Å². The van der Waals surface area contributed by atoms with Gasteiger partial charge in [-0.3, -0.25) is 24.0 Å². The fourth-order valence-corrected chi connectivity index (χ4v) is 4.72. The number of carbonyl (C=O) groups excluding carboxylic acids is 4. The quantitative estimate of drug-likeness (QED) is 0.119. The van der Waals surface area contributed by atoms with Crippen LogP contribution in [0.15, 0.2) is 30.3 Å². The minimum absolute atomic E-state index is 0.0461. The summed E-state index contributed by atoms with van der Waals surface area (Å²) in [5.41, 5.74) is 11.1. The van der Waals surface area contributed by atoms with Crippen LogP contribution in [-0.4, -0.2) is 83.4 Å². The molecule has 4 amide bonds. The summed E-state index contributed by atoms with van der Waals surface area (Å²) < 4.78 is 0. The van der Waals surface area contributed by atoms with Gasteiger partial charge >= 0.3 is 5.97 Å². The van der Waals surface area contributed by atoms with Gasteiger partial charge in [0.2, 0.25) is 24.1 Å². The molecule has 12 nitrogen and oxygen atoms in total. The molecule has 2 unspecified atom stereocenters. The number of piperidine rings is 1. The summed E-state index contributed by atoms with van der Waals surface area (Å²) in [6.45, 7) is 4.59. The number of nitrogens with one attached hydrogen (secondary N) is 3. The number of unbranched alkanes of at least 4 members (excludes halogenated alkanes) is 1. The van der Waals surface area contributed by atoms with E-state index in [1.54, 1.807) is 0 Å². The topological polar surface area (TPSA) is 197 Å². The maximum absolute atomic E-state index is 13.5. The minimum atomic E-state index is -1.38. The van der Waals surface area contributed by atoms with Gasteiger partial charge in [0.15, 0.2) is 0 Å². The first-order valence-electron chi connectivity index (χ1n) is 13.9. The third-order valence-corrected chi connectivity index (χ3v) is 7.16. The molecule has 1 aliphatic heterocycles. The van der Waals surface area contributed by atoms with Crippen molar-refractivity contribution in [1.29, 1.82) is 0 Å². The molecule has 1 aromatic rings. The van der Waals surface area contributed by atoms with E-state index < -0.39 is 41.4 Å². The molecule has 0 aliphatic carbocycles. The Bertz CT molecular complexity index is 996. The lowest BCUT2D eigenvalue weighted by Gasteiger charge is -2.38. The van der Waals surface area contributed by atoms with E-state index in [0.29, 0.717) is 38.6 Å². The van der Waals surface area contributed by atoms with Gasteiger partial charge in [0, 0.05) is 19.5 Å². The zero-order chi connectivity index (χ0) is 29.7. The van der Waals surface area contributed by atoms with Crippen molar-refractivity contribution in [1.82, 2.24) is 20.9 Å². The lowest BCUT2D eigenvalue weighted by atomic mass is 9.88. The molecule has 1 heterocycles. The van der Waals surface area contributed by atoms with Crippen molar-refractivity contribution in [3.05, 3.63) is 35.9 Å². The van der Waals surface area contributed by atoms with Gasteiger partial charge in [-0.1, -0.05) is 44.2 Å². The number of benzene rings is 1. The Morgan fingerprint density at radius 3 is 2.15 bits per heavy atom. The van der Waals surface area contributed by atoms with E-state index in [2.05, 4.69) is 16.0 Å². The first-order chi connectivity index (χ1) is 19.0. The Balaban J connectivity index is 2.15. The predicted octanol–water partition coefficient (Wildman–Crippen LogP) is -0.107. The molecule has 8 N–H and O–H groups in total. The maximum Gasteiger partial charge on any atom is 0.323 e. The summed E-state index contributed by atoms with van der Waals surface area (Å²) in [4.78, 5) is 64.3. The highest BCUT2D eigenvalue weighted by atomic mass is 16.4. The van der Waals surface area contributed by atoms with Gasteiger partial charge in [0.05, 0.1) is 0 Å². The van der Waals surface area contributed by atoms with Gasteiger partial charge in [-0.25, -0.2) is 0 Å². The molecule has 1 saturated heterocycles. The Morgan fingerprint density at radius 1 is 1.00 bits per heavy atom. The molecule has 1 aliphatic rings. The molecule has 0 radical (unpaired) electrons. The summed E-state index contributed by atoms with van der Waals surface area (Å²) in [6, 6.07) is 6.51. The zero-order valence-corrected chi connectivity index (χ0v) is 23.4. The molecule has 2 rings (SSSR count). The molecule has 0 saturated carbocycles. The average Bonchev–Trinajstić information content (AvgIpc) is 2.92. The SMILES string of the molecule is CC(C)C[C@@H](NC(=O)C(Cc1ccccc1)NC=O)C(=O)NC(CCCCN)C(=O)N1CCC(N)(C(=O)O)CC1. The fraction of sp³-hybridized carbons (Fsp3) is 0.607. The van der Waals surface area contributed by atoms with Crippen LogP contribution in [0.25, 0.3) is 0 Å². The molecule has 222 valence electrons. The first-order valence-corrected chi connectivity index (χ1v) is 13.9. The number of carbonyl (C=O) groups is 5. The third kappa shape index (κ3) is 9.91. The highest BCUT2D eigenvalue weighted by Crippen LogP contribution is 2.21. The number of nitrogens with zero attached hydrogens (tertiary/aromatic N) is 1. The summed E-state index contributed by atoms with van der Waals surface area (Å²) in [6.07, 6.45) is 2.84. The number of likely N-dealkylation sites (tertiary alicyclic amines) is 1. The molecule has 0 aromatic heterocycles. The Morgan fingerprint density at radius 2 is 1.60 bits per heavy atom. The highest BCUT2D eigenvalue weighted by molar-refractivity contribution is 5.93. The van der Waals surface area contributed by atoms with Crippen molar-refractivity contribution < 1.29 is 29.1 Å². The van der Waals surface area contributed by atoms with Crippen molar-refractivity contribution >= 4 is 30.1 Å². The third-order valence-electron chi connectivity index (χ3n) is 7.16. The Labute approximate surface area is 235 Å². The van der Waals surface area contributed by atoms with Crippen LogP contribution >= 0.6 is 0 Å². The largest absolute Gasteiger partial charge is 0.480 e. The lowest BCUT2D eigenvalue weighted by Crippen LogP contribution is -2.60. The second kappa shape index (κ2) is 15.9. The number of carboxylic acids is 1. The smallest absolute Gasteiger partial charge is 0.323 e. The summed E-state index contributed by atoms with van der Waals surface area (Å²) in [5, 5.41) is 17.5. The van der Waals surface area contributed by atoms with Crippen LogP contribution in [0.4, 0.5) is 0 Å². The van der Waals surface area contributed by atoms with Gasteiger partial charge in [-0.15, -0.1) is 0 Å². The van der Waals surface area contributed by atoms with Crippen molar-refractivity contribution in [3.8, 4) is 0 Å². The molecule has 40 heavy (non-hydrogen) atoms. The highest BCUT2D eigenvalue weighted by Gasteiger charge is 2.40. The number of aliphatic carboxylic acids is 1. The van der Waals surface area contributed by atoms with E-state index in [1.165, 1.54) is 4.90 Å². The predicted molar refractivity (Wildman–Crippen MR) is 150 cm³/mol. The van der Waals surface area contributed by atoms with Gasteiger partial charge < -0.3 is 37.4 Å². The fourth-order valence-electron chi connectivity index (χ4n) is 4.72. The van der Waals surface area contributed by atoms with E-state index in [4.69, 9.17) is 11.5 Å². The van der Waals surface area contributed by atoms with E-state index in [9.17, 15) is 29.1 Å². The lowest BCUT2D eigenvalue weighted by molar-refractivity contribution is -0.148.